The fourth-order valence-electron chi connectivity index (χ4n) is 5.46. The van der Waals surface area contributed by atoms with Crippen molar-refractivity contribution in [1.29, 1.82) is 0 Å². The van der Waals surface area contributed by atoms with Crippen molar-refractivity contribution in [3.05, 3.63) is 29.3 Å². The van der Waals surface area contributed by atoms with E-state index in [0.29, 0.717) is 45.1 Å². The maximum absolute atomic E-state index is 13.2. The number of nitrogens with one attached hydrogen (secondary N) is 1. The summed E-state index contributed by atoms with van der Waals surface area (Å²) in [5.74, 6) is -0.0572. The van der Waals surface area contributed by atoms with E-state index in [2.05, 4.69) is 36.2 Å². The largest absolute Gasteiger partial charge is 0.315 e. The van der Waals surface area contributed by atoms with E-state index in [1.807, 2.05) is 13.1 Å². The maximum atomic E-state index is 13.2. The molecule has 1 amide bonds. The van der Waals surface area contributed by atoms with Crippen LogP contribution >= 0.6 is 0 Å². The van der Waals surface area contributed by atoms with Gasteiger partial charge in [-0.2, -0.15) is 17.0 Å². The minimum absolute atomic E-state index is 0.0816. The summed E-state index contributed by atoms with van der Waals surface area (Å²) in [6.07, 6.45) is 4.13. The monoisotopic (exact) mass is 491 g/mol. The quantitative estimate of drug-likeness (QED) is 0.660. The first-order valence-corrected chi connectivity index (χ1v) is 14.2. The number of piperazine rings is 1. The van der Waals surface area contributed by atoms with Crippen LogP contribution in [0.1, 0.15) is 50.2 Å². The van der Waals surface area contributed by atoms with Gasteiger partial charge in [0.25, 0.3) is 10.2 Å². The zero-order valence-electron chi connectivity index (χ0n) is 21.0. The zero-order valence-corrected chi connectivity index (χ0v) is 21.8. The van der Waals surface area contributed by atoms with Crippen molar-refractivity contribution in [2.75, 3.05) is 57.8 Å². The van der Waals surface area contributed by atoms with Crippen LogP contribution in [0.4, 0.5) is 5.69 Å². The van der Waals surface area contributed by atoms with Crippen molar-refractivity contribution >= 4 is 21.8 Å². The molecule has 0 aliphatic carbocycles. The molecule has 0 bridgehead atoms. The Labute approximate surface area is 205 Å². The van der Waals surface area contributed by atoms with Crippen LogP contribution in [-0.2, 0) is 21.5 Å². The second-order valence-electron chi connectivity index (χ2n) is 10.2. The Bertz CT molecular complexity index is 955. The molecule has 0 unspecified atom stereocenters. The van der Waals surface area contributed by atoms with Gasteiger partial charge in [-0.25, -0.2) is 0 Å². The van der Waals surface area contributed by atoms with E-state index in [9.17, 15) is 13.2 Å². The summed E-state index contributed by atoms with van der Waals surface area (Å²) in [6, 6.07) is 6.81. The molecular weight excluding hydrogens is 450 g/mol. The minimum atomic E-state index is -3.40. The third kappa shape index (κ3) is 5.82. The Hall–Kier alpha value is -1.52. The smallest absolute Gasteiger partial charge is 0.281 e. The molecule has 1 aromatic rings. The molecule has 1 N–H and O–H groups in total. The van der Waals surface area contributed by atoms with Crippen LogP contribution < -0.4 is 10.2 Å². The standard InChI is InChI=1S/C25H41N5O3S/c1-20-17-24(8-7-23(20)19-28-16-11-26-21(2)18-28)27(3)25(31)22-9-14-30(15-10-22)34(32,33)29-12-5-4-6-13-29/h7-8,17,21-22,26H,4-6,9-16,18-19H2,1-3H3/t21-/m0/s1. The van der Waals surface area contributed by atoms with Gasteiger partial charge >= 0.3 is 0 Å². The average Bonchev–Trinajstić information content (AvgIpc) is 2.85. The van der Waals surface area contributed by atoms with E-state index in [1.165, 1.54) is 11.1 Å². The van der Waals surface area contributed by atoms with Crippen molar-refractivity contribution in [3.8, 4) is 0 Å². The maximum Gasteiger partial charge on any atom is 0.281 e. The van der Waals surface area contributed by atoms with Gasteiger partial charge in [-0.15, -0.1) is 0 Å². The Kier molecular flexibility index (Phi) is 8.30. The molecule has 0 radical (unpaired) electrons. The van der Waals surface area contributed by atoms with Crippen molar-refractivity contribution in [3.63, 3.8) is 0 Å². The number of rotatable bonds is 6. The molecule has 34 heavy (non-hydrogen) atoms. The molecule has 3 saturated heterocycles. The van der Waals surface area contributed by atoms with Crippen molar-refractivity contribution in [2.24, 2.45) is 5.92 Å². The van der Waals surface area contributed by atoms with Gasteiger partial charge in [-0.3, -0.25) is 9.69 Å². The number of benzene rings is 1. The molecule has 0 aromatic heterocycles. The lowest BCUT2D eigenvalue weighted by molar-refractivity contribution is -0.123. The van der Waals surface area contributed by atoms with Gasteiger partial charge in [0.05, 0.1) is 0 Å². The second-order valence-corrected chi connectivity index (χ2v) is 12.2. The lowest BCUT2D eigenvalue weighted by atomic mass is 9.96. The van der Waals surface area contributed by atoms with Crippen LogP contribution in [0.3, 0.4) is 0 Å². The van der Waals surface area contributed by atoms with Crippen molar-refractivity contribution < 1.29 is 13.2 Å². The highest BCUT2D eigenvalue weighted by atomic mass is 32.2. The molecule has 4 rings (SSSR count). The van der Waals surface area contributed by atoms with Crippen molar-refractivity contribution in [2.45, 2.75) is 58.5 Å². The third-order valence-electron chi connectivity index (χ3n) is 7.66. The number of aryl methyl sites for hydroxylation is 1. The van der Waals surface area contributed by atoms with Crippen LogP contribution in [0.25, 0.3) is 0 Å². The molecule has 3 fully saturated rings. The second kappa shape index (κ2) is 11.0. The van der Waals surface area contributed by atoms with E-state index in [-0.39, 0.29) is 11.8 Å². The molecular formula is C25H41N5O3S. The van der Waals surface area contributed by atoms with E-state index in [1.54, 1.807) is 13.5 Å². The first-order valence-electron chi connectivity index (χ1n) is 12.8. The van der Waals surface area contributed by atoms with E-state index >= 15 is 0 Å². The minimum Gasteiger partial charge on any atom is -0.315 e. The topological polar surface area (TPSA) is 76.2 Å². The number of carbonyl (C=O) groups is 1. The molecule has 3 aliphatic heterocycles. The molecule has 9 heteroatoms. The van der Waals surface area contributed by atoms with Gasteiger partial charge in [-0.1, -0.05) is 12.5 Å². The third-order valence-corrected chi connectivity index (χ3v) is 9.70. The van der Waals surface area contributed by atoms with Gasteiger partial charge in [0, 0.05) is 77.1 Å². The number of amides is 1. The van der Waals surface area contributed by atoms with Crippen LogP contribution in [-0.4, -0.2) is 86.7 Å². The van der Waals surface area contributed by atoms with Crippen LogP contribution in [0.2, 0.25) is 0 Å². The Morgan fingerprint density at radius 1 is 1.06 bits per heavy atom. The van der Waals surface area contributed by atoms with Crippen molar-refractivity contribution in [1.82, 2.24) is 18.8 Å². The van der Waals surface area contributed by atoms with Gasteiger partial charge in [0.15, 0.2) is 0 Å². The summed E-state index contributed by atoms with van der Waals surface area (Å²) in [5.41, 5.74) is 3.41. The number of carbonyl (C=O) groups excluding carboxylic acids is 1. The SMILES string of the molecule is Cc1cc(N(C)C(=O)C2CCN(S(=O)(=O)N3CCCCC3)CC2)ccc1CN1CCN[C@@H](C)C1. The lowest BCUT2D eigenvalue weighted by Gasteiger charge is -2.36. The molecule has 0 spiro atoms. The van der Waals surface area contributed by atoms with Gasteiger partial charge in [0.1, 0.15) is 0 Å². The normalized spacial score (nSPS) is 24.3. The van der Waals surface area contributed by atoms with Gasteiger partial charge < -0.3 is 10.2 Å². The summed E-state index contributed by atoms with van der Waals surface area (Å²) in [4.78, 5) is 17.5. The Morgan fingerprint density at radius 2 is 1.74 bits per heavy atom. The first kappa shape index (κ1) is 25.6. The average molecular weight is 492 g/mol. The van der Waals surface area contributed by atoms with E-state index in [4.69, 9.17) is 0 Å². The summed E-state index contributed by atoms with van der Waals surface area (Å²) in [5, 5.41) is 3.48. The molecule has 1 aromatic carbocycles. The first-order chi connectivity index (χ1) is 16.3. The van der Waals surface area contributed by atoms with Crippen LogP contribution in [0.5, 0.6) is 0 Å². The van der Waals surface area contributed by atoms with Crippen LogP contribution in [0.15, 0.2) is 18.2 Å². The number of anilines is 1. The highest BCUT2D eigenvalue weighted by Crippen LogP contribution is 2.27. The predicted octanol–water partition coefficient (Wildman–Crippen LogP) is 2.19. The fourth-order valence-corrected chi connectivity index (χ4v) is 7.17. The Morgan fingerprint density at radius 3 is 2.38 bits per heavy atom. The number of piperidine rings is 2. The van der Waals surface area contributed by atoms with E-state index in [0.717, 1.165) is 51.1 Å². The summed E-state index contributed by atoms with van der Waals surface area (Å²) in [7, 11) is -1.56. The van der Waals surface area contributed by atoms with Gasteiger partial charge in [-0.05, 0) is 62.8 Å². The fraction of sp³-hybridized carbons (Fsp3) is 0.720. The molecule has 0 saturated carbocycles. The highest BCUT2D eigenvalue weighted by Gasteiger charge is 2.36. The zero-order chi connectivity index (χ0) is 24.3. The number of hydrogen-bond donors (Lipinski definition) is 1. The van der Waals surface area contributed by atoms with Crippen LogP contribution in [0, 0.1) is 12.8 Å². The molecule has 3 heterocycles. The Balaban J connectivity index is 1.33. The highest BCUT2D eigenvalue weighted by molar-refractivity contribution is 7.86. The van der Waals surface area contributed by atoms with E-state index < -0.39 is 10.2 Å². The lowest BCUT2D eigenvalue weighted by Crippen LogP contribution is -2.50. The summed E-state index contributed by atoms with van der Waals surface area (Å²) in [6.45, 7) is 10.5. The molecule has 1 atom stereocenters. The van der Waals surface area contributed by atoms with Gasteiger partial charge in [0.2, 0.25) is 5.91 Å². The number of hydrogen-bond acceptors (Lipinski definition) is 5. The molecule has 3 aliphatic rings. The predicted molar refractivity (Wildman–Crippen MR) is 136 cm³/mol. The molecule has 190 valence electrons. The summed E-state index contributed by atoms with van der Waals surface area (Å²) >= 11 is 0. The molecule has 8 nitrogen and oxygen atoms in total. The number of nitrogens with zero attached hydrogens (tertiary/aromatic N) is 4. The summed E-state index contributed by atoms with van der Waals surface area (Å²) < 4.78 is 29.1.